The van der Waals surface area contributed by atoms with Gasteiger partial charge in [-0.2, -0.15) is 0 Å². The Labute approximate surface area is 85.5 Å². The van der Waals surface area contributed by atoms with Crippen molar-refractivity contribution in [1.82, 2.24) is 20.6 Å². The average Bonchev–Trinajstić information content (AvgIpc) is 2.25. The molecule has 0 aliphatic rings. The molecule has 2 amide bonds. The van der Waals surface area contributed by atoms with E-state index in [1.165, 1.54) is 6.33 Å². The highest BCUT2D eigenvalue weighted by molar-refractivity contribution is 5.79. The molecule has 0 unspecified atom stereocenters. The third-order valence-corrected chi connectivity index (χ3v) is 1.47. The summed E-state index contributed by atoms with van der Waals surface area (Å²) in [5, 5.41) is 12.9. The van der Waals surface area contributed by atoms with E-state index in [9.17, 15) is 9.59 Å². The molecule has 15 heavy (non-hydrogen) atoms. The van der Waals surface area contributed by atoms with E-state index in [4.69, 9.17) is 5.11 Å². The van der Waals surface area contributed by atoms with Gasteiger partial charge in [-0.25, -0.2) is 14.8 Å². The number of aromatic nitrogens is 2. The molecule has 0 radical (unpaired) electrons. The summed E-state index contributed by atoms with van der Waals surface area (Å²) in [7, 11) is 0. The molecule has 0 fully saturated rings. The second-order valence-corrected chi connectivity index (χ2v) is 2.63. The molecule has 1 rings (SSSR count). The molecule has 0 saturated heterocycles. The lowest BCUT2D eigenvalue weighted by Crippen LogP contribution is -2.38. The van der Waals surface area contributed by atoms with E-state index >= 15 is 0 Å². The van der Waals surface area contributed by atoms with Crippen molar-refractivity contribution in [3.63, 3.8) is 0 Å². The van der Waals surface area contributed by atoms with Gasteiger partial charge in [0.15, 0.2) is 0 Å². The van der Waals surface area contributed by atoms with Crippen LogP contribution in [0.15, 0.2) is 18.6 Å². The maximum Gasteiger partial charge on any atom is 0.323 e. The van der Waals surface area contributed by atoms with E-state index in [-0.39, 0.29) is 6.54 Å². The van der Waals surface area contributed by atoms with Gasteiger partial charge in [0.25, 0.3) is 0 Å². The second-order valence-electron chi connectivity index (χ2n) is 2.63. The molecule has 0 spiro atoms. The summed E-state index contributed by atoms with van der Waals surface area (Å²) in [6.07, 6.45) is 2.92. The number of carbonyl (C=O) groups excluding carboxylic acids is 1. The summed E-state index contributed by atoms with van der Waals surface area (Å²) in [6, 6.07) is 1.10. The fourth-order valence-electron chi connectivity index (χ4n) is 0.812. The predicted octanol–water partition coefficient (Wildman–Crippen LogP) is -0.640. The fourth-order valence-corrected chi connectivity index (χ4v) is 0.812. The lowest BCUT2D eigenvalue weighted by Gasteiger charge is -2.04. The van der Waals surface area contributed by atoms with Gasteiger partial charge in [0.2, 0.25) is 0 Å². The van der Waals surface area contributed by atoms with Crippen molar-refractivity contribution in [2.24, 2.45) is 0 Å². The Hall–Kier alpha value is -2.18. The van der Waals surface area contributed by atoms with Crippen LogP contribution in [-0.2, 0) is 11.3 Å². The standard InChI is InChI=1S/C8H10N4O3/c13-7(14)4-11-8(15)10-3-6-1-2-9-5-12-6/h1-2,5H,3-4H2,(H,13,14)(H2,10,11,15). The lowest BCUT2D eigenvalue weighted by molar-refractivity contribution is -0.135. The Bertz CT molecular complexity index is 341. The fraction of sp³-hybridized carbons (Fsp3) is 0.250. The Morgan fingerprint density at radius 2 is 2.20 bits per heavy atom. The van der Waals surface area contributed by atoms with Crippen molar-refractivity contribution in [2.45, 2.75) is 6.54 Å². The number of nitrogens with one attached hydrogen (secondary N) is 2. The molecule has 0 bridgehead atoms. The Morgan fingerprint density at radius 3 is 2.80 bits per heavy atom. The van der Waals surface area contributed by atoms with E-state index in [0.717, 1.165) is 0 Å². The molecule has 0 saturated carbocycles. The first-order chi connectivity index (χ1) is 7.18. The first-order valence-electron chi connectivity index (χ1n) is 4.17. The summed E-state index contributed by atoms with van der Waals surface area (Å²) in [5.41, 5.74) is 0.649. The SMILES string of the molecule is O=C(O)CNC(=O)NCc1ccncn1. The molecule has 0 aromatic carbocycles. The molecule has 0 aliphatic heterocycles. The molecule has 7 heteroatoms. The summed E-state index contributed by atoms with van der Waals surface area (Å²) in [5.74, 6) is -1.09. The third-order valence-electron chi connectivity index (χ3n) is 1.47. The van der Waals surface area contributed by atoms with Gasteiger partial charge in [-0.3, -0.25) is 4.79 Å². The van der Waals surface area contributed by atoms with Crippen LogP contribution in [0.1, 0.15) is 5.69 Å². The summed E-state index contributed by atoms with van der Waals surface area (Å²) in [6.45, 7) is -0.177. The van der Waals surface area contributed by atoms with Crippen molar-refractivity contribution in [2.75, 3.05) is 6.54 Å². The second kappa shape index (κ2) is 5.53. The van der Waals surface area contributed by atoms with Crippen LogP contribution in [0.2, 0.25) is 0 Å². The summed E-state index contributed by atoms with van der Waals surface area (Å²) in [4.78, 5) is 28.7. The van der Waals surface area contributed by atoms with Crippen molar-refractivity contribution < 1.29 is 14.7 Å². The molecule has 3 N–H and O–H groups in total. The topological polar surface area (TPSA) is 104 Å². The van der Waals surface area contributed by atoms with Gasteiger partial charge in [0, 0.05) is 6.20 Å². The van der Waals surface area contributed by atoms with E-state index < -0.39 is 18.5 Å². The Balaban J connectivity index is 2.26. The number of carboxylic acid groups (broad SMARTS) is 1. The zero-order valence-electron chi connectivity index (χ0n) is 7.80. The van der Waals surface area contributed by atoms with Crippen molar-refractivity contribution in [3.05, 3.63) is 24.3 Å². The number of rotatable bonds is 4. The summed E-state index contributed by atoms with van der Waals surface area (Å²) >= 11 is 0. The minimum absolute atomic E-state index is 0.230. The normalized spacial score (nSPS) is 9.33. The first-order valence-corrected chi connectivity index (χ1v) is 4.17. The highest BCUT2D eigenvalue weighted by Crippen LogP contribution is 1.88. The average molecular weight is 210 g/mol. The monoisotopic (exact) mass is 210 g/mol. The van der Waals surface area contributed by atoms with Crippen LogP contribution in [-0.4, -0.2) is 33.6 Å². The van der Waals surface area contributed by atoms with Gasteiger partial charge in [0.1, 0.15) is 12.9 Å². The molecule has 1 aromatic heterocycles. The van der Waals surface area contributed by atoms with E-state index in [2.05, 4.69) is 20.6 Å². The van der Waals surface area contributed by atoms with Gasteiger partial charge in [-0.15, -0.1) is 0 Å². The number of nitrogens with zero attached hydrogens (tertiary/aromatic N) is 2. The molecule has 7 nitrogen and oxygen atoms in total. The minimum Gasteiger partial charge on any atom is -0.480 e. The van der Waals surface area contributed by atoms with Gasteiger partial charge in [-0.05, 0) is 6.07 Å². The third kappa shape index (κ3) is 4.55. The van der Waals surface area contributed by atoms with E-state index in [0.29, 0.717) is 5.69 Å². The quantitative estimate of drug-likeness (QED) is 0.613. The van der Waals surface area contributed by atoms with Gasteiger partial charge < -0.3 is 15.7 Å². The molecule has 80 valence electrons. The number of hydrogen-bond acceptors (Lipinski definition) is 4. The molecular weight excluding hydrogens is 200 g/mol. The molecule has 0 atom stereocenters. The molecule has 0 aliphatic carbocycles. The number of amides is 2. The predicted molar refractivity (Wildman–Crippen MR) is 49.9 cm³/mol. The van der Waals surface area contributed by atoms with Crippen LogP contribution >= 0.6 is 0 Å². The summed E-state index contributed by atoms with van der Waals surface area (Å²) < 4.78 is 0. The van der Waals surface area contributed by atoms with Gasteiger partial charge in [-0.1, -0.05) is 0 Å². The molecule has 1 heterocycles. The number of aliphatic carboxylic acids is 1. The largest absolute Gasteiger partial charge is 0.480 e. The zero-order chi connectivity index (χ0) is 11.1. The van der Waals surface area contributed by atoms with Crippen LogP contribution < -0.4 is 10.6 Å². The Morgan fingerprint density at radius 1 is 1.40 bits per heavy atom. The van der Waals surface area contributed by atoms with Crippen molar-refractivity contribution in [3.8, 4) is 0 Å². The lowest BCUT2D eigenvalue weighted by atomic mass is 10.4. The van der Waals surface area contributed by atoms with Crippen LogP contribution in [0.5, 0.6) is 0 Å². The van der Waals surface area contributed by atoms with Gasteiger partial charge >= 0.3 is 12.0 Å². The molecule has 1 aromatic rings. The number of urea groups is 1. The van der Waals surface area contributed by atoms with E-state index in [1.807, 2.05) is 0 Å². The van der Waals surface area contributed by atoms with Crippen LogP contribution in [0.25, 0.3) is 0 Å². The Kier molecular flexibility index (Phi) is 4.02. The number of carbonyl (C=O) groups is 2. The van der Waals surface area contributed by atoms with Crippen molar-refractivity contribution in [1.29, 1.82) is 0 Å². The van der Waals surface area contributed by atoms with Gasteiger partial charge in [0.05, 0.1) is 12.2 Å². The van der Waals surface area contributed by atoms with Crippen LogP contribution in [0, 0.1) is 0 Å². The van der Waals surface area contributed by atoms with Crippen molar-refractivity contribution >= 4 is 12.0 Å². The zero-order valence-corrected chi connectivity index (χ0v) is 7.80. The molecular formula is C8H10N4O3. The highest BCUT2D eigenvalue weighted by Gasteiger charge is 2.02. The number of hydrogen-bond donors (Lipinski definition) is 3. The van der Waals surface area contributed by atoms with Crippen LogP contribution in [0.3, 0.4) is 0 Å². The maximum atomic E-state index is 11.0. The maximum absolute atomic E-state index is 11.0. The smallest absolute Gasteiger partial charge is 0.323 e. The first kappa shape index (κ1) is 10.9. The number of carboxylic acids is 1. The highest BCUT2D eigenvalue weighted by atomic mass is 16.4. The van der Waals surface area contributed by atoms with E-state index in [1.54, 1.807) is 12.3 Å². The van der Waals surface area contributed by atoms with Crippen LogP contribution in [0.4, 0.5) is 4.79 Å². The minimum atomic E-state index is -1.09.